The number of nitrogens with one attached hydrogen (secondary N) is 3. The van der Waals surface area contributed by atoms with Crippen molar-refractivity contribution in [2.24, 2.45) is 0 Å². The zero-order valence-electron chi connectivity index (χ0n) is 19.6. The van der Waals surface area contributed by atoms with Crippen LogP contribution in [-0.2, 0) is 5.67 Å². The molecule has 3 rings (SSSR count). The summed E-state index contributed by atoms with van der Waals surface area (Å²) >= 11 is 6.28. The van der Waals surface area contributed by atoms with E-state index in [1.54, 1.807) is 30.3 Å². The number of hydrogen-bond acceptors (Lipinski definition) is 3. The second kappa shape index (κ2) is 10.5. The van der Waals surface area contributed by atoms with Crippen LogP contribution in [0.2, 0.25) is 5.02 Å². The van der Waals surface area contributed by atoms with Crippen LogP contribution in [0.25, 0.3) is 0 Å². The molecule has 0 fully saturated rings. The SMILES string of the molecule is Cc1cc(C(F)(C(F)(F)F)C(F)(F)F)cc(C)c1NNC(=O)c1cccc(NC(=O)c2ccccc2)c1Cl. The lowest BCUT2D eigenvalue weighted by atomic mass is 9.90. The van der Waals surface area contributed by atoms with Gasteiger partial charge >= 0.3 is 18.0 Å². The van der Waals surface area contributed by atoms with Crippen LogP contribution < -0.4 is 16.2 Å². The van der Waals surface area contributed by atoms with Crippen molar-refractivity contribution in [2.75, 3.05) is 10.7 Å². The van der Waals surface area contributed by atoms with Crippen LogP contribution in [0.15, 0.2) is 60.7 Å². The summed E-state index contributed by atoms with van der Waals surface area (Å²) in [6, 6.07) is 13.2. The number of hydrogen-bond donors (Lipinski definition) is 3. The molecule has 3 N–H and O–H groups in total. The van der Waals surface area contributed by atoms with Gasteiger partial charge in [0.1, 0.15) is 0 Å². The lowest BCUT2D eigenvalue weighted by molar-refractivity contribution is -0.348. The van der Waals surface area contributed by atoms with E-state index in [2.05, 4.69) is 16.2 Å². The normalized spacial score (nSPS) is 12.2. The molecule has 0 aliphatic rings. The Bertz CT molecular complexity index is 1320. The van der Waals surface area contributed by atoms with E-state index in [0.29, 0.717) is 17.7 Å². The average molecular weight is 562 g/mol. The van der Waals surface area contributed by atoms with E-state index in [1.807, 2.05) is 0 Å². The Hall–Kier alpha value is -3.80. The molecule has 0 unspecified atom stereocenters. The van der Waals surface area contributed by atoms with Crippen LogP contribution in [-0.4, -0.2) is 24.2 Å². The van der Waals surface area contributed by atoms with Crippen molar-refractivity contribution in [2.45, 2.75) is 31.9 Å². The van der Waals surface area contributed by atoms with Crippen molar-refractivity contribution in [3.63, 3.8) is 0 Å². The fourth-order valence-electron chi connectivity index (χ4n) is 3.62. The third-order valence-electron chi connectivity index (χ3n) is 5.54. The Morgan fingerprint density at radius 2 is 1.32 bits per heavy atom. The number of benzene rings is 3. The molecule has 0 aliphatic heterocycles. The molecule has 5 nitrogen and oxygen atoms in total. The molecule has 0 radical (unpaired) electrons. The molecule has 202 valence electrons. The van der Waals surface area contributed by atoms with Crippen LogP contribution in [0, 0.1) is 13.8 Å². The number of aryl methyl sites for hydroxylation is 2. The second-order valence-electron chi connectivity index (χ2n) is 8.21. The van der Waals surface area contributed by atoms with Gasteiger partial charge in [-0.3, -0.25) is 20.4 Å². The van der Waals surface area contributed by atoms with Gasteiger partial charge < -0.3 is 5.32 Å². The van der Waals surface area contributed by atoms with Crippen molar-refractivity contribution < 1.29 is 40.3 Å². The first-order chi connectivity index (χ1) is 17.6. The van der Waals surface area contributed by atoms with Crippen molar-refractivity contribution in [1.82, 2.24) is 5.43 Å². The van der Waals surface area contributed by atoms with Crippen molar-refractivity contribution in [3.8, 4) is 0 Å². The number of rotatable bonds is 6. The predicted molar refractivity (Wildman–Crippen MR) is 128 cm³/mol. The monoisotopic (exact) mass is 561 g/mol. The van der Waals surface area contributed by atoms with Crippen molar-refractivity contribution >= 4 is 34.8 Å². The highest BCUT2D eigenvalue weighted by Crippen LogP contribution is 2.53. The van der Waals surface area contributed by atoms with Gasteiger partial charge in [0.15, 0.2) is 0 Å². The molecule has 3 aromatic carbocycles. The standard InChI is InChI=1S/C25H19ClF7N3O2/c1-13-11-16(23(27,24(28,29)30)25(31,32)33)12-14(2)20(13)35-36-22(38)17-9-6-10-18(19(17)26)34-21(37)15-7-4-3-5-8-15/h3-12,35H,1-2H3,(H,34,37)(H,36,38). The largest absolute Gasteiger partial charge is 0.435 e. The lowest BCUT2D eigenvalue weighted by Gasteiger charge is -2.31. The highest BCUT2D eigenvalue weighted by atomic mass is 35.5. The number of amides is 2. The van der Waals surface area contributed by atoms with Gasteiger partial charge in [-0.2, -0.15) is 26.3 Å². The Balaban J connectivity index is 1.82. The van der Waals surface area contributed by atoms with Gasteiger partial charge in [0.25, 0.3) is 11.8 Å². The van der Waals surface area contributed by atoms with Crippen molar-refractivity contribution in [1.29, 1.82) is 0 Å². The van der Waals surface area contributed by atoms with Gasteiger partial charge in [0.2, 0.25) is 0 Å². The topological polar surface area (TPSA) is 70.2 Å². The van der Waals surface area contributed by atoms with Gasteiger partial charge in [0.05, 0.1) is 22.0 Å². The van der Waals surface area contributed by atoms with E-state index in [1.165, 1.54) is 18.2 Å². The summed E-state index contributed by atoms with van der Waals surface area (Å²) in [4.78, 5) is 25.1. The van der Waals surface area contributed by atoms with Crippen molar-refractivity contribution in [3.05, 3.63) is 93.5 Å². The molecule has 0 atom stereocenters. The summed E-state index contributed by atoms with van der Waals surface area (Å²) in [5.41, 5.74) is -2.68. The molecular formula is C25H19ClF7N3O2. The molecule has 0 spiro atoms. The third kappa shape index (κ3) is 5.54. The fourth-order valence-corrected chi connectivity index (χ4v) is 3.88. The average Bonchev–Trinajstić information content (AvgIpc) is 2.83. The summed E-state index contributed by atoms with van der Waals surface area (Å²) in [6.45, 7) is 2.29. The van der Waals surface area contributed by atoms with Crippen LogP contribution in [0.3, 0.4) is 0 Å². The minimum absolute atomic E-state index is 0.0570. The smallest absolute Gasteiger partial charge is 0.321 e. The molecule has 3 aromatic rings. The molecule has 38 heavy (non-hydrogen) atoms. The maximum atomic E-state index is 14.5. The summed E-state index contributed by atoms with van der Waals surface area (Å²) in [6.07, 6.45) is -12.5. The Morgan fingerprint density at radius 1 is 0.763 bits per heavy atom. The summed E-state index contributed by atoms with van der Waals surface area (Å²) in [7, 11) is 0. The Labute approximate surface area is 217 Å². The van der Waals surface area contributed by atoms with E-state index < -0.39 is 35.4 Å². The number of halogens is 8. The van der Waals surface area contributed by atoms with E-state index >= 15 is 0 Å². The molecule has 13 heteroatoms. The van der Waals surface area contributed by atoms with E-state index in [9.17, 15) is 40.3 Å². The number of carbonyl (C=O) groups is 2. The molecule has 2 amide bonds. The highest BCUT2D eigenvalue weighted by Gasteiger charge is 2.73. The molecule has 0 saturated carbocycles. The van der Waals surface area contributed by atoms with Gasteiger partial charge in [-0.15, -0.1) is 0 Å². The first kappa shape index (κ1) is 28.8. The summed E-state index contributed by atoms with van der Waals surface area (Å²) in [5, 5.41) is 2.44. The van der Waals surface area contributed by atoms with Gasteiger partial charge in [0, 0.05) is 11.1 Å². The first-order valence-electron chi connectivity index (χ1n) is 10.7. The van der Waals surface area contributed by atoms with Crippen LogP contribution in [0.5, 0.6) is 0 Å². The minimum atomic E-state index is -6.26. The quantitative estimate of drug-likeness (QED) is 0.219. The van der Waals surface area contributed by atoms with Gasteiger partial charge in [-0.1, -0.05) is 48.0 Å². The Morgan fingerprint density at radius 3 is 1.84 bits per heavy atom. The molecule has 0 bridgehead atoms. The van der Waals surface area contributed by atoms with E-state index in [4.69, 9.17) is 11.6 Å². The first-order valence-corrected chi connectivity index (χ1v) is 11.1. The maximum absolute atomic E-state index is 14.5. The van der Waals surface area contributed by atoms with Gasteiger partial charge in [-0.25, -0.2) is 4.39 Å². The molecule has 0 saturated heterocycles. The molecule has 0 aromatic heterocycles. The predicted octanol–water partition coefficient (Wildman–Crippen LogP) is 7.26. The zero-order chi connectivity index (χ0) is 28.5. The number of hydrazine groups is 1. The van der Waals surface area contributed by atoms with Crippen LogP contribution >= 0.6 is 11.6 Å². The van der Waals surface area contributed by atoms with E-state index in [0.717, 1.165) is 13.8 Å². The molecular weight excluding hydrogens is 543 g/mol. The third-order valence-corrected chi connectivity index (χ3v) is 5.95. The zero-order valence-corrected chi connectivity index (χ0v) is 20.4. The van der Waals surface area contributed by atoms with Crippen LogP contribution in [0.1, 0.15) is 37.4 Å². The number of anilines is 2. The van der Waals surface area contributed by atoms with Crippen LogP contribution in [0.4, 0.5) is 42.1 Å². The fraction of sp³-hybridized carbons (Fsp3) is 0.200. The highest BCUT2D eigenvalue weighted by molar-refractivity contribution is 6.37. The molecule has 0 aliphatic carbocycles. The number of carbonyl (C=O) groups excluding carboxylic acids is 2. The summed E-state index contributed by atoms with van der Waals surface area (Å²) < 4.78 is 93.2. The van der Waals surface area contributed by atoms with E-state index in [-0.39, 0.29) is 33.1 Å². The molecule has 0 heterocycles. The minimum Gasteiger partial charge on any atom is -0.321 e. The Kier molecular flexibility index (Phi) is 7.96. The summed E-state index contributed by atoms with van der Waals surface area (Å²) in [5.74, 6) is -1.32. The lowest BCUT2D eigenvalue weighted by Crippen LogP contribution is -2.50. The number of alkyl halides is 7. The second-order valence-corrected chi connectivity index (χ2v) is 8.58. The van der Waals surface area contributed by atoms with Gasteiger partial charge in [-0.05, 0) is 49.2 Å². The maximum Gasteiger partial charge on any atom is 0.435 e.